The maximum atomic E-state index is 4.41. The average molecular weight is 760 g/mol. The minimum atomic E-state index is -0.316. The van der Waals surface area contributed by atoms with Gasteiger partial charge in [-0.15, -0.1) is 0 Å². The molecule has 1 aliphatic carbocycles. The van der Waals surface area contributed by atoms with Gasteiger partial charge in [0.25, 0.3) is 0 Å². The summed E-state index contributed by atoms with van der Waals surface area (Å²) in [6.07, 6.45) is 9.76. The Morgan fingerprint density at radius 2 is 1.17 bits per heavy atom. The minimum Gasteiger partial charge on any atom is -0.342 e. The smallest absolute Gasteiger partial charge is 0.0733 e. The van der Waals surface area contributed by atoms with Crippen LogP contribution in [0.3, 0.4) is 0 Å². The highest BCUT2D eigenvalue weighted by Gasteiger charge is 2.39. The summed E-state index contributed by atoms with van der Waals surface area (Å²) in [5, 5.41) is 4.94. The third-order valence-electron chi connectivity index (χ3n) is 12.6. The van der Waals surface area contributed by atoms with Crippen molar-refractivity contribution in [2.45, 2.75) is 19.3 Å². The molecular formula is C56H45N3. The largest absolute Gasteiger partial charge is 0.342 e. The third-order valence-corrected chi connectivity index (χ3v) is 12.6. The van der Waals surface area contributed by atoms with Crippen LogP contribution in [0.2, 0.25) is 0 Å². The number of hydrogen-bond donors (Lipinski definition) is 0. The van der Waals surface area contributed by atoms with E-state index in [2.05, 4.69) is 201 Å². The van der Waals surface area contributed by atoms with E-state index in [0.717, 1.165) is 39.4 Å². The zero-order valence-electron chi connectivity index (χ0n) is 33.8. The van der Waals surface area contributed by atoms with Gasteiger partial charge in [0.15, 0.2) is 0 Å². The second kappa shape index (κ2) is 13.6. The van der Waals surface area contributed by atoms with Crippen LogP contribution in [0.5, 0.6) is 0 Å². The molecule has 0 saturated heterocycles. The first-order valence-corrected chi connectivity index (χ1v) is 20.2. The van der Waals surface area contributed by atoms with Crippen molar-refractivity contribution in [2.24, 2.45) is 7.05 Å². The van der Waals surface area contributed by atoms with Gasteiger partial charge < -0.3 is 14.0 Å². The summed E-state index contributed by atoms with van der Waals surface area (Å²) in [5.41, 5.74) is 18.0. The summed E-state index contributed by atoms with van der Waals surface area (Å²) in [6, 6.07) is 50.8. The number of aryl methyl sites for hydroxylation is 1. The van der Waals surface area contributed by atoms with E-state index in [-0.39, 0.29) is 5.41 Å². The van der Waals surface area contributed by atoms with E-state index < -0.39 is 0 Å². The van der Waals surface area contributed by atoms with Crippen molar-refractivity contribution >= 4 is 67.1 Å². The molecule has 3 heteroatoms. The number of allylic oxidation sites excluding steroid dienone is 3. The van der Waals surface area contributed by atoms with Gasteiger partial charge in [0.1, 0.15) is 0 Å². The molecule has 10 rings (SSSR count). The second-order valence-corrected chi connectivity index (χ2v) is 16.0. The Morgan fingerprint density at radius 3 is 1.80 bits per heavy atom. The van der Waals surface area contributed by atoms with Crippen molar-refractivity contribution in [3.8, 4) is 27.9 Å². The van der Waals surface area contributed by atoms with Gasteiger partial charge in [0.05, 0.1) is 27.9 Å². The molecule has 0 amide bonds. The zero-order chi connectivity index (χ0) is 40.6. The van der Waals surface area contributed by atoms with Gasteiger partial charge in [-0.3, -0.25) is 0 Å². The Bertz CT molecular complexity index is 3220. The normalized spacial score (nSPS) is 13.2. The van der Waals surface area contributed by atoms with Crippen molar-refractivity contribution in [1.82, 2.24) is 9.13 Å². The van der Waals surface area contributed by atoms with Gasteiger partial charge in [0, 0.05) is 56.5 Å². The molecule has 0 fully saturated rings. The molecule has 3 nitrogen and oxygen atoms in total. The first-order chi connectivity index (χ1) is 28.8. The van der Waals surface area contributed by atoms with Gasteiger partial charge in [0.2, 0.25) is 0 Å². The second-order valence-electron chi connectivity index (χ2n) is 16.0. The van der Waals surface area contributed by atoms with Crippen molar-refractivity contribution in [3.63, 3.8) is 0 Å². The van der Waals surface area contributed by atoms with E-state index in [1.54, 1.807) is 0 Å². The van der Waals surface area contributed by atoms with Crippen molar-refractivity contribution in [2.75, 3.05) is 4.90 Å². The number of fused-ring (bicyclic) bond motifs is 9. The number of aromatic nitrogens is 2. The Hall–Kier alpha value is -7.36. The Kier molecular flexibility index (Phi) is 8.33. The average Bonchev–Trinajstić information content (AvgIpc) is 3.85. The van der Waals surface area contributed by atoms with Crippen molar-refractivity contribution in [1.29, 1.82) is 0 Å². The molecule has 2 aromatic heterocycles. The Labute approximate surface area is 346 Å². The SMILES string of the molecule is C=C/C=C(\C=C)N(c1cc2c(c(C=C)c1C=C)-c1ccc(-c3ccc(-n4c5ccccc5c5ccccc54)cc3)cc1C2(C)C)c1cccc2c3ccccc3n(C)c12. The van der Waals surface area contributed by atoms with E-state index in [9.17, 15) is 0 Å². The van der Waals surface area contributed by atoms with Crippen LogP contribution in [0.1, 0.15) is 36.1 Å². The molecule has 0 N–H and O–H groups in total. The lowest BCUT2D eigenvalue weighted by atomic mass is 9.80. The van der Waals surface area contributed by atoms with Crippen LogP contribution >= 0.6 is 0 Å². The quantitative estimate of drug-likeness (QED) is 0.134. The van der Waals surface area contributed by atoms with Gasteiger partial charge in [-0.1, -0.05) is 149 Å². The first kappa shape index (κ1) is 36.0. The summed E-state index contributed by atoms with van der Waals surface area (Å²) in [4.78, 5) is 2.32. The molecule has 284 valence electrons. The number of hydrogen-bond acceptors (Lipinski definition) is 1. The van der Waals surface area contributed by atoms with Gasteiger partial charge in [-0.2, -0.15) is 0 Å². The van der Waals surface area contributed by atoms with Crippen molar-refractivity contribution in [3.05, 3.63) is 212 Å². The minimum absolute atomic E-state index is 0.316. The van der Waals surface area contributed by atoms with E-state index in [4.69, 9.17) is 0 Å². The highest BCUT2D eigenvalue weighted by atomic mass is 15.2. The highest BCUT2D eigenvalue weighted by Crippen LogP contribution is 2.55. The molecule has 0 aliphatic heterocycles. The maximum Gasteiger partial charge on any atom is 0.0733 e. The standard InChI is InChI=1S/C56H45N3/c1-8-19-38(9-2)58(52-27-18-23-45-44-22-12-15-24-49(44)57(7)55(45)52)53-35-48-54(41(11-4)40(53)10-3)46-33-30-37(34-47(46)56(48,5)6)36-28-31-39(32-29-36)59-50-25-16-13-20-42(50)43-21-14-17-26-51(43)59/h8-35H,1-4H2,5-7H3/b38-19+. The molecule has 59 heavy (non-hydrogen) atoms. The van der Waals surface area contributed by atoms with Crippen LogP contribution < -0.4 is 4.90 Å². The van der Waals surface area contributed by atoms with Gasteiger partial charge >= 0.3 is 0 Å². The summed E-state index contributed by atoms with van der Waals surface area (Å²) < 4.78 is 4.67. The molecule has 0 radical (unpaired) electrons. The first-order valence-electron chi connectivity index (χ1n) is 20.2. The molecule has 0 spiro atoms. The van der Waals surface area contributed by atoms with E-state index >= 15 is 0 Å². The molecule has 7 aromatic carbocycles. The molecule has 0 bridgehead atoms. The van der Waals surface area contributed by atoms with Crippen molar-refractivity contribution < 1.29 is 0 Å². The fourth-order valence-electron chi connectivity index (χ4n) is 9.87. The topological polar surface area (TPSA) is 13.1 Å². The monoisotopic (exact) mass is 759 g/mol. The van der Waals surface area contributed by atoms with Crippen LogP contribution in [0, 0.1) is 0 Å². The fourth-order valence-corrected chi connectivity index (χ4v) is 9.87. The molecule has 0 unspecified atom stereocenters. The maximum absolute atomic E-state index is 4.41. The number of benzene rings is 7. The van der Waals surface area contributed by atoms with Crippen LogP contribution in [0.4, 0.5) is 11.4 Å². The fraction of sp³-hybridized carbons (Fsp3) is 0.0714. The number of para-hydroxylation sites is 4. The lowest BCUT2D eigenvalue weighted by molar-refractivity contribution is 0.660. The Balaban J connectivity index is 1.12. The van der Waals surface area contributed by atoms with Gasteiger partial charge in [-0.05, 0) is 99.6 Å². The van der Waals surface area contributed by atoms with Crippen LogP contribution in [0.25, 0.3) is 83.7 Å². The van der Waals surface area contributed by atoms with E-state index in [1.807, 2.05) is 30.4 Å². The lowest BCUT2D eigenvalue weighted by Crippen LogP contribution is -2.20. The van der Waals surface area contributed by atoms with Gasteiger partial charge in [-0.25, -0.2) is 0 Å². The number of rotatable bonds is 9. The number of nitrogens with zero attached hydrogens (tertiary/aromatic N) is 3. The summed E-state index contributed by atoms with van der Waals surface area (Å²) in [7, 11) is 2.15. The highest BCUT2D eigenvalue weighted by molar-refractivity contribution is 6.13. The van der Waals surface area contributed by atoms with Crippen LogP contribution in [-0.4, -0.2) is 9.13 Å². The summed E-state index contributed by atoms with van der Waals surface area (Å²) in [5.74, 6) is 0. The third kappa shape index (κ3) is 5.21. The summed E-state index contributed by atoms with van der Waals surface area (Å²) in [6.45, 7) is 21.9. The molecule has 0 saturated carbocycles. The van der Waals surface area contributed by atoms with E-state index in [1.165, 1.54) is 71.5 Å². The predicted molar refractivity (Wildman–Crippen MR) is 255 cm³/mol. The molecule has 2 heterocycles. The predicted octanol–water partition coefficient (Wildman–Crippen LogP) is 15.1. The Morgan fingerprint density at radius 1 is 0.576 bits per heavy atom. The lowest BCUT2D eigenvalue weighted by Gasteiger charge is -2.32. The molecular weight excluding hydrogens is 715 g/mol. The molecule has 1 aliphatic rings. The number of anilines is 2. The van der Waals surface area contributed by atoms with Crippen LogP contribution in [0.15, 0.2) is 190 Å². The van der Waals surface area contributed by atoms with E-state index in [0.29, 0.717) is 0 Å². The zero-order valence-corrected chi connectivity index (χ0v) is 33.8. The molecule has 9 aromatic rings. The summed E-state index contributed by atoms with van der Waals surface area (Å²) >= 11 is 0. The molecule has 0 atom stereocenters. The van der Waals surface area contributed by atoms with Crippen LogP contribution in [-0.2, 0) is 12.5 Å².